The van der Waals surface area contributed by atoms with Gasteiger partial charge in [-0.3, -0.25) is 9.78 Å². The van der Waals surface area contributed by atoms with Gasteiger partial charge < -0.3 is 10.4 Å². The first-order valence-electron chi connectivity index (χ1n) is 8.85. The topological polar surface area (TPSA) is 62.2 Å². The Balaban J connectivity index is 2.15. The van der Waals surface area contributed by atoms with Gasteiger partial charge in [0, 0.05) is 23.8 Å². The van der Waals surface area contributed by atoms with Crippen LogP contribution in [0.25, 0.3) is 0 Å². The van der Waals surface area contributed by atoms with Crippen molar-refractivity contribution in [1.82, 2.24) is 10.3 Å². The van der Waals surface area contributed by atoms with Crippen LogP contribution in [-0.2, 0) is 22.1 Å². The lowest BCUT2D eigenvalue weighted by Gasteiger charge is -2.47. The van der Waals surface area contributed by atoms with Crippen molar-refractivity contribution in [2.75, 3.05) is 0 Å². The largest absolute Gasteiger partial charge is 0.416 e. The molecule has 0 bridgehead atoms. The number of alkyl halides is 8. The molecule has 4 nitrogen and oxygen atoms in total. The van der Waals surface area contributed by atoms with Gasteiger partial charge in [-0.15, -0.1) is 0 Å². The smallest absolute Gasteiger partial charge is 0.378 e. The molecule has 1 saturated heterocycles. The van der Waals surface area contributed by atoms with E-state index in [1.165, 1.54) is 0 Å². The van der Waals surface area contributed by atoms with E-state index in [4.69, 9.17) is 0 Å². The molecular formula is C20H14F8N2O2. The first kappa shape index (κ1) is 23.6. The fraction of sp³-hybridized carbons (Fsp3) is 0.300. The first-order chi connectivity index (χ1) is 14.6. The maximum Gasteiger partial charge on any atom is 0.416 e. The Morgan fingerprint density at radius 1 is 1.03 bits per heavy atom. The predicted molar refractivity (Wildman–Crippen MR) is 94.2 cm³/mol. The molecule has 1 fully saturated rings. The van der Waals surface area contributed by atoms with Crippen LogP contribution in [0.5, 0.6) is 0 Å². The van der Waals surface area contributed by atoms with Crippen LogP contribution in [0.15, 0.2) is 54.7 Å². The second-order valence-electron chi connectivity index (χ2n) is 7.23. The number of aliphatic hydroxyl groups is 1. The van der Waals surface area contributed by atoms with Crippen molar-refractivity contribution in [2.45, 2.75) is 36.3 Å². The highest BCUT2D eigenvalue weighted by molar-refractivity contribution is 5.97. The summed E-state index contributed by atoms with van der Waals surface area (Å²) in [5.74, 6) is -1.43. The van der Waals surface area contributed by atoms with Crippen molar-refractivity contribution < 1.29 is 45.0 Å². The van der Waals surface area contributed by atoms with Crippen LogP contribution >= 0.6 is 0 Å². The first-order valence-corrected chi connectivity index (χ1v) is 8.85. The molecule has 0 spiro atoms. The highest BCUT2D eigenvalue weighted by Gasteiger charge is 2.64. The Morgan fingerprint density at radius 2 is 1.62 bits per heavy atom. The molecule has 2 atom stereocenters. The fourth-order valence-corrected chi connectivity index (χ4v) is 3.47. The molecule has 2 aromatic rings. The van der Waals surface area contributed by atoms with Gasteiger partial charge in [0.1, 0.15) is 5.60 Å². The normalized spacial score (nSPS) is 24.6. The standard InChI is InChI=1S/C20H14F8N2O2/c1-10-16(31)30-18(20(26,27)28,12-3-5-13(6-4-12)19(23,24)25)9-17(10,32)14-7-2-11(8-29-14)15(21)22/h2-8,15,32H,1,9H2,(H,30,31). The second kappa shape index (κ2) is 7.54. The molecular weight excluding hydrogens is 452 g/mol. The Kier molecular flexibility index (Phi) is 5.57. The van der Waals surface area contributed by atoms with E-state index in [1.807, 2.05) is 0 Å². The van der Waals surface area contributed by atoms with E-state index in [0.29, 0.717) is 30.5 Å². The average molecular weight is 466 g/mol. The van der Waals surface area contributed by atoms with Crippen molar-refractivity contribution in [3.8, 4) is 0 Å². The number of amides is 1. The number of rotatable bonds is 3. The lowest BCUT2D eigenvalue weighted by molar-refractivity contribution is -0.221. The summed E-state index contributed by atoms with van der Waals surface area (Å²) in [6.45, 7) is 3.30. The van der Waals surface area contributed by atoms with Crippen LogP contribution in [0.2, 0.25) is 0 Å². The van der Waals surface area contributed by atoms with Crippen molar-refractivity contribution in [2.24, 2.45) is 0 Å². The van der Waals surface area contributed by atoms with Crippen LogP contribution in [0.1, 0.15) is 35.2 Å². The number of hydrogen-bond acceptors (Lipinski definition) is 3. The van der Waals surface area contributed by atoms with Gasteiger partial charge in [-0.2, -0.15) is 26.3 Å². The van der Waals surface area contributed by atoms with Crippen molar-refractivity contribution in [3.05, 3.63) is 77.1 Å². The van der Waals surface area contributed by atoms with Crippen LogP contribution in [0.3, 0.4) is 0 Å². The SMILES string of the molecule is C=C1C(=O)NC(c2ccc(C(F)(F)F)cc2)(C(F)(F)F)CC1(O)c1ccc(C(F)F)cn1. The summed E-state index contributed by atoms with van der Waals surface area (Å²) in [6, 6.07) is 3.55. The number of carbonyl (C=O) groups excluding carboxylic acids is 1. The minimum atomic E-state index is -5.28. The summed E-state index contributed by atoms with van der Waals surface area (Å²) in [5.41, 5.74) is -9.92. The fourth-order valence-electron chi connectivity index (χ4n) is 3.47. The van der Waals surface area contributed by atoms with E-state index in [2.05, 4.69) is 11.6 Å². The number of benzene rings is 1. The molecule has 2 unspecified atom stereocenters. The maximum atomic E-state index is 14.2. The van der Waals surface area contributed by atoms with E-state index < -0.39 is 70.2 Å². The number of pyridine rings is 1. The third-order valence-corrected chi connectivity index (χ3v) is 5.27. The molecule has 12 heteroatoms. The zero-order chi connectivity index (χ0) is 24.1. The Bertz CT molecular complexity index is 1030. The van der Waals surface area contributed by atoms with Crippen molar-refractivity contribution >= 4 is 5.91 Å². The highest BCUT2D eigenvalue weighted by Crippen LogP contribution is 2.51. The van der Waals surface area contributed by atoms with E-state index >= 15 is 0 Å². The summed E-state index contributed by atoms with van der Waals surface area (Å²) >= 11 is 0. The van der Waals surface area contributed by atoms with Crippen molar-refractivity contribution in [3.63, 3.8) is 0 Å². The van der Waals surface area contributed by atoms with Gasteiger partial charge in [0.25, 0.3) is 12.3 Å². The van der Waals surface area contributed by atoms with Crippen LogP contribution < -0.4 is 5.32 Å². The molecule has 1 aromatic heterocycles. The van der Waals surface area contributed by atoms with Gasteiger partial charge in [-0.05, 0) is 29.8 Å². The number of hydrogen-bond donors (Lipinski definition) is 2. The van der Waals surface area contributed by atoms with E-state index in [0.717, 1.165) is 12.1 Å². The zero-order valence-corrected chi connectivity index (χ0v) is 15.9. The number of carbonyl (C=O) groups is 1. The van der Waals surface area contributed by atoms with Gasteiger partial charge in [-0.1, -0.05) is 18.7 Å². The van der Waals surface area contributed by atoms with E-state index in [1.54, 1.807) is 5.32 Å². The summed E-state index contributed by atoms with van der Waals surface area (Å²) in [7, 11) is 0. The number of halogens is 8. The zero-order valence-electron chi connectivity index (χ0n) is 15.9. The highest BCUT2D eigenvalue weighted by atomic mass is 19.4. The minimum Gasteiger partial charge on any atom is -0.378 e. The number of piperidine rings is 1. The molecule has 172 valence electrons. The second-order valence-corrected chi connectivity index (χ2v) is 7.23. The summed E-state index contributed by atoms with van der Waals surface area (Å²) in [6.07, 6.45) is -13.7. The summed E-state index contributed by atoms with van der Waals surface area (Å²) in [4.78, 5) is 16.0. The van der Waals surface area contributed by atoms with Gasteiger partial charge in [0.05, 0.1) is 11.3 Å². The van der Waals surface area contributed by atoms with Crippen LogP contribution in [0.4, 0.5) is 35.1 Å². The van der Waals surface area contributed by atoms with Crippen molar-refractivity contribution in [1.29, 1.82) is 0 Å². The molecule has 2 N–H and O–H groups in total. The summed E-state index contributed by atoms with van der Waals surface area (Å²) < 4.78 is 107. The van der Waals surface area contributed by atoms with Gasteiger partial charge in [0.2, 0.25) is 0 Å². The molecule has 1 aliphatic rings. The maximum absolute atomic E-state index is 14.2. The molecule has 3 rings (SSSR count). The Hall–Kier alpha value is -3.02. The molecule has 0 saturated carbocycles. The molecule has 1 aliphatic heterocycles. The Labute approximate surface area is 175 Å². The molecule has 1 aromatic carbocycles. The minimum absolute atomic E-state index is 0.410. The summed E-state index contributed by atoms with van der Waals surface area (Å²) in [5, 5.41) is 12.8. The van der Waals surface area contributed by atoms with Gasteiger partial charge in [-0.25, -0.2) is 8.78 Å². The monoisotopic (exact) mass is 466 g/mol. The van der Waals surface area contributed by atoms with Crippen LogP contribution in [0, 0.1) is 0 Å². The lowest BCUT2D eigenvalue weighted by Crippen LogP contribution is -2.64. The molecule has 2 heterocycles. The van der Waals surface area contributed by atoms with Crippen LogP contribution in [-0.4, -0.2) is 22.2 Å². The Morgan fingerprint density at radius 3 is 2.06 bits per heavy atom. The predicted octanol–water partition coefficient (Wildman–Crippen LogP) is 4.76. The third-order valence-electron chi connectivity index (χ3n) is 5.27. The lowest BCUT2D eigenvalue weighted by atomic mass is 9.70. The number of nitrogens with zero attached hydrogens (tertiary/aromatic N) is 1. The van der Waals surface area contributed by atoms with E-state index in [-0.39, 0.29) is 0 Å². The van der Waals surface area contributed by atoms with E-state index in [9.17, 15) is 45.0 Å². The number of nitrogens with one attached hydrogen (secondary N) is 1. The third kappa shape index (κ3) is 3.83. The molecule has 0 aliphatic carbocycles. The van der Waals surface area contributed by atoms with Gasteiger partial charge in [0.15, 0.2) is 5.54 Å². The quantitative estimate of drug-likeness (QED) is 0.507. The molecule has 1 amide bonds. The average Bonchev–Trinajstić information content (AvgIpc) is 2.70. The molecule has 32 heavy (non-hydrogen) atoms. The van der Waals surface area contributed by atoms with Gasteiger partial charge >= 0.3 is 12.4 Å². The number of aromatic nitrogens is 1. The molecule has 0 radical (unpaired) electrons.